The van der Waals surface area contributed by atoms with E-state index in [1.54, 1.807) is 24.3 Å². The number of urea groups is 1. The van der Waals surface area contributed by atoms with Gasteiger partial charge < -0.3 is 10.6 Å². The number of rotatable bonds is 4. The van der Waals surface area contributed by atoms with Gasteiger partial charge in [0.2, 0.25) is 0 Å². The van der Waals surface area contributed by atoms with Crippen LogP contribution in [0.4, 0.5) is 18.0 Å². The molecule has 0 aliphatic carbocycles. The minimum atomic E-state index is -4.22. The molecule has 1 aromatic rings. The Balaban J connectivity index is 1.72. The molecule has 0 aromatic heterocycles. The fourth-order valence-electron chi connectivity index (χ4n) is 2.46. The Bertz CT molecular complexity index is 580. The molecule has 5 nitrogen and oxygen atoms in total. The Morgan fingerprint density at radius 1 is 1.35 bits per heavy atom. The van der Waals surface area contributed by atoms with Gasteiger partial charge in [-0.1, -0.05) is 12.1 Å². The van der Waals surface area contributed by atoms with E-state index in [0.29, 0.717) is 18.5 Å². The van der Waals surface area contributed by atoms with E-state index in [2.05, 4.69) is 10.6 Å². The minimum absolute atomic E-state index is 0.198. The van der Waals surface area contributed by atoms with E-state index >= 15 is 0 Å². The summed E-state index contributed by atoms with van der Waals surface area (Å²) in [5.41, 5.74) is 1.37. The van der Waals surface area contributed by atoms with E-state index in [9.17, 15) is 18.0 Å². The lowest BCUT2D eigenvalue weighted by Gasteiger charge is -2.18. The van der Waals surface area contributed by atoms with Gasteiger partial charge in [-0.05, 0) is 24.1 Å². The lowest BCUT2D eigenvalue weighted by Crippen LogP contribution is -2.43. The first-order chi connectivity index (χ1) is 10.9. The van der Waals surface area contributed by atoms with Crippen molar-refractivity contribution >= 4 is 6.03 Å². The minimum Gasteiger partial charge on any atom is -0.334 e. The molecule has 0 saturated carbocycles. The third kappa shape index (κ3) is 5.79. The van der Waals surface area contributed by atoms with Crippen molar-refractivity contribution in [1.29, 1.82) is 5.26 Å². The quantitative estimate of drug-likeness (QED) is 0.889. The number of likely N-dealkylation sites (tertiary alicyclic amines) is 1. The van der Waals surface area contributed by atoms with Crippen LogP contribution in [0.5, 0.6) is 0 Å². The second-order valence-corrected chi connectivity index (χ2v) is 5.47. The molecule has 23 heavy (non-hydrogen) atoms. The second kappa shape index (κ2) is 7.33. The van der Waals surface area contributed by atoms with Crippen molar-refractivity contribution in [2.24, 2.45) is 0 Å². The molecule has 1 aliphatic heterocycles. The monoisotopic (exact) mass is 326 g/mol. The number of hydrogen-bond donors (Lipinski definition) is 2. The molecule has 1 atom stereocenters. The van der Waals surface area contributed by atoms with Gasteiger partial charge in [0.25, 0.3) is 0 Å². The molecule has 124 valence electrons. The van der Waals surface area contributed by atoms with E-state index in [1.807, 2.05) is 6.07 Å². The summed E-state index contributed by atoms with van der Waals surface area (Å²) in [6, 6.07) is 8.09. The molecule has 1 aliphatic rings. The Morgan fingerprint density at radius 2 is 2.04 bits per heavy atom. The maximum absolute atomic E-state index is 12.3. The third-order valence-corrected chi connectivity index (χ3v) is 3.55. The molecule has 2 rings (SSSR count). The average molecular weight is 326 g/mol. The fourth-order valence-corrected chi connectivity index (χ4v) is 2.46. The van der Waals surface area contributed by atoms with Gasteiger partial charge in [-0.2, -0.15) is 18.4 Å². The van der Waals surface area contributed by atoms with Crippen molar-refractivity contribution in [3.63, 3.8) is 0 Å². The highest BCUT2D eigenvalue weighted by molar-refractivity contribution is 5.74. The zero-order valence-corrected chi connectivity index (χ0v) is 12.4. The largest absolute Gasteiger partial charge is 0.401 e. The summed E-state index contributed by atoms with van der Waals surface area (Å²) in [6.45, 7) is -0.140. The van der Waals surface area contributed by atoms with Gasteiger partial charge in [0.05, 0.1) is 18.2 Å². The first-order valence-electron chi connectivity index (χ1n) is 7.18. The topological polar surface area (TPSA) is 68.2 Å². The van der Waals surface area contributed by atoms with Gasteiger partial charge in [-0.15, -0.1) is 0 Å². The number of alkyl halides is 3. The zero-order chi connectivity index (χ0) is 16.9. The molecule has 1 fully saturated rings. The van der Waals surface area contributed by atoms with Crippen molar-refractivity contribution in [1.82, 2.24) is 15.5 Å². The lowest BCUT2D eigenvalue weighted by molar-refractivity contribution is -0.143. The van der Waals surface area contributed by atoms with Gasteiger partial charge >= 0.3 is 12.2 Å². The average Bonchev–Trinajstić information content (AvgIpc) is 2.90. The van der Waals surface area contributed by atoms with Crippen LogP contribution in [-0.2, 0) is 6.54 Å². The number of nitrogens with zero attached hydrogens (tertiary/aromatic N) is 2. The predicted octanol–water partition coefficient (Wildman–Crippen LogP) is 1.99. The molecule has 1 saturated heterocycles. The standard InChI is InChI=1S/C15H17F3N4O/c16-15(17,18)10-22-6-5-13(9-22)21-14(23)20-8-12-3-1-11(7-19)2-4-12/h1-4,13H,5-6,8-10H2,(H2,20,21,23)/t13-/m0/s1. The van der Waals surface area contributed by atoms with E-state index in [4.69, 9.17) is 5.26 Å². The van der Waals surface area contributed by atoms with Crippen LogP contribution in [0.2, 0.25) is 0 Å². The Hall–Kier alpha value is -2.27. The number of amides is 2. The summed E-state index contributed by atoms with van der Waals surface area (Å²) >= 11 is 0. The Kier molecular flexibility index (Phi) is 5.45. The number of halogens is 3. The SMILES string of the molecule is N#Cc1ccc(CNC(=O)N[C@H]2CCN(CC(F)(F)F)C2)cc1. The van der Waals surface area contributed by atoms with Crippen molar-refractivity contribution < 1.29 is 18.0 Å². The molecule has 1 heterocycles. The molecule has 0 spiro atoms. The van der Waals surface area contributed by atoms with Crippen LogP contribution in [0.25, 0.3) is 0 Å². The summed E-state index contributed by atoms with van der Waals surface area (Å²) in [5.74, 6) is 0. The lowest BCUT2D eigenvalue weighted by atomic mass is 10.1. The number of benzene rings is 1. The summed E-state index contributed by atoms with van der Waals surface area (Å²) in [5, 5.41) is 14.0. The van der Waals surface area contributed by atoms with Crippen LogP contribution in [0.3, 0.4) is 0 Å². The molecular weight excluding hydrogens is 309 g/mol. The first kappa shape index (κ1) is 17.1. The van der Waals surface area contributed by atoms with Crippen LogP contribution in [0.1, 0.15) is 17.5 Å². The summed E-state index contributed by atoms with van der Waals surface area (Å²) in [6.07, 6.45) is -3.72. The Labute approximate surface area is 132 Å². The number of carbonyl (C=O) groups is 1. The normalized spacial score (nSPS) is 18.4. The second-order valence-electron chi connectivity index (χ2n) is 5.47. The predicted molar refractivity (Wildman–Crippen MR) is 77.4 cm³/mol. The number of carbonyl (C=O) groups excluding carboxylic acids is 1. The Morgan fingerprint density at radius 3 is 2.65 bits per heavy atom. The van der Waals surface area contributed by atoms with Gasteiger partial charge in [-0.25, -0.2) is 4.79 Å². The summed E-state index contributed by atoms with van der Waals surface area (Å²) in [7, 11) is 0. The highest BCUT2D eigenvalue weighted by Crippen LogP contribution is 2.19. The molecule has 2 N–H and O–H groups in total. The number of nitrogens with one attached hydrogen (secondary N) is 2. The van der Waals surface area contributed by atoms with E-state index in [0.717, 1.165) is 5.56 Å². The summed E-state index contributed by atoms with van der Waals surface area (Å²) in [4.78, 5) is 13.1. The van der Waals surface area contributed by atoms with Crippen molar-refractivity contribution in [2.75, 3.05) is 19.6 Å². The van der Waals surface area contributed by atoms with E-state index in [-0.39, 0.29) is 19.1 Å². The maximum atomic E-state index is 12.3. The van der Waals surface area contributed by atoms with Crippen molar-refractivity contribution in [3.8, 4) is 6.07 Å². The maximum Gasteiger partial charge on any atom is 0.401 e. The van der Waals surface area contributed by atoms with Crippen LogP contribution >= 0.6 is 0 Å². The van der Waals surface area contributed by atoms with E-state index < -0.39 is 18.8 Å². The van der Waals surface area contributed by atoms with Gasteiger partial charge in [-0.3, -0.25) is 4.90 Å². The first-order valence-corrected chi connectivity index (χ1v) is 7.18. The third-order valence-electron chi connectivity index (χ3n) is 3.55. The molecule has 0 unspecified atom stereocenters. The van der Waals surface area contributed by atoms with Gasteiger partial charge in [0.15, 0.2) is 0 Å². The molecular formula is C15H17F3N4O. The van der Waals surface area contributed by atoms with Gasteiger partial charge in [0.1, 0.15) is 0 Å². The van der Waals surface area contributed by atoms with Crippen LogP contribution in [0.15, 0.2) is 24.3 Å². The highest BCUT2D eigenvalue weighted by atomic mass is 19.4. The molecule has 8 heteroatoms. The van der Waals surface area contributed by atoms with Gasteiger partial charge in [0, 0.05) is 25.7 Å². The van der Waals surface area contributed by atoms with Crippen LogP contribution in [0, 0.1) is 11.3 Å². The molecule has 2 amide bonds. The van der Waals surface area contributed by atoms with E-state index in [1.165, 1.54) is 4.90 Å². The van der Waals surface area contributed by atoms with Crippen molar-refractivity contribution in [3.05, 3.63) is 35.4 Å². The van der Waals surface area contributed by atoms with Crippen LogP contribution in [-0.4, -0.2) is 42.8 Å². The van der Waals surface area contributed by atoms with Crippen LogP contribution < -0.4 is 10.6 Å². The molecule has 0 radical (unpaired) electrons. The van der Waals surface area contributed by atoms with Crippen molar-refractivity contribution in [2.45, 2.75) is 25.2 Å². The number of hydrogen-bond acceptors (Lipinski definition) is 3. The number of nitriles is 1. The highest BCUT2D eigenvalue weighted by Gasteiger charge is 2.34. The zero-order valence-electron chi connectivity index (χ0n) is 12.4. The fraction of sp³-hybridized carbons (Fsp3) is 0.467. The smallest absolute Gasteiger partial charge is 0.334 e. The summed E-state index contributed by atoms with van der Waals surface area (Å²) < 4.78 is 36.9. The molecule has 0 bridgehead atoms. The molecule has 1 aromatic carbocycles.